The Hall–Kier alpha value is -3.46. The molecule has 41 heavy (non-hydrogen) atoms. The number of aromatic nitrogens is 1. The van der Waals surface area contributed by atoms with Gasteiger partial charge in [0.1, 0.15) is 11.6 Å². The molecule has 0 spiro atoms. The number of unbranched alkanes of at least 4 members (excludes halogenated alkanes) is 1. The normalized spacial score (nSPS) is 12.6. The van der Waals surface area contributed by atoms with Crippen LogP contribution in [0, 0.1) is 11.6 Å². The molecule has 3 aromatic carbocycles. The van der Waals surface area contributed by atoms with Crippen LogP contribution in [0.2, 0.25) is 0 Å². The number of carbonyl (C=O) groups is 1. The summed E-state index contributed by atoms with van der Waals surface area (Å²) in [7, 11) is 0. The molecule has 0 bridgehead atoms. The lowest BCUT2D eigenvalue weighted by Crippen LogP contribution is -2.48. The minimum Gasteiger partial charge on any atom is -0.398 e. The van der Waals surface area contributed by atoms with Crippen molar-refractivity contribution >= 4 is 34.9 Å². The quantitative estimate of drug-likeness (QED) is 0.150. The van der Waals surface area contributed by atoms with Crippen LogP contribution in [0.3, 0.4) is 0 Å². The zero-order valence-electron chi connectivity index (χ0n) is 23.5. The molecule has 0 saturated carbocycles. The van der Waals surface area contributed by atoms with E-state index in [1.165, 1.54) is 17.7 Å². The second kappa shape index (κ2) is 15.0. The Kier molecular flexibility index (Phi) is 11.7. The van der Waals surface area contributed by atoms with Gasteiger partial charge < -0.3 is 26.0 Å². The number of halogens is 3. The van der Waals surface area contributed by atoms with Crippen LogP contribution < -0.4 is 16.4 Å². The second-order valence-electron chi connectivity index (χ2n) is 10.3. The molecule has 4 aromatic rings. The standard InChI is InChI=1S/C32H38F2N4O2.ClH/c1-3-5-10-38-11-9-27-28(35)16-24(17-30(27)38)32(40)37-29(15-23-13-25(33)18-26(34)14-23)31(39)20-36-19-22-8-6-7-21(4-2)12-22;/h6-9,11-14,16-18,29,31,36,39H,3-5,10,15,19-20,35H2,1-2H3,(H,37,40);1H/t29-,31+;/m0./s1. The van der Waals surface area contributed by atoms with Crippen molar-refractivity contribution in [3.8, 4) is 0 Å². The lowest BCUT2D eigenvalue weighted by atomic mass is 9.99. The molecule has 0 aliphatic heterocycles. The van der Waals surface area contributed by atoms with E-state index in [1.54, 1.807) is 12.1 Å². The highest BCUT2D eigenvalue weighted by Gasteiger charge is 2.24. The fourth-order valence-corrected chi connectivity index (χ4v) is 4.96. The fraction of sp³-hybridized carbons (Fsp3) is 0.344. The minimum absolute atomic E-state index is 0. The van der Waals surface area contributed by atoms with Gasteiger partial charge in [0.25, 0.3) is 5.91 Å². The largest absolute Gasteiger partial charge is 0.398 e. The summed E-state index contributed by atoms with van der Waals surface area (Å²) in [5, 5.41) is 18.1. The van der Waals surface area contributed by atoms with Gasteiger partial charge in [0.2, 0.25) is 0 Å². The third kappa shape index (κ3) is 8.52. The number of amides is 1. The summed E-state index contributed by atoms with van der Waals surface area (Å²) in [5.41, 5.74) is 10.6. The van der Waals surface area contributed by atoms with E-state index in [0.717, 1.165) is 48.3 Å². The zero-order chi connectivity index (χ0) is 28.6. The van der Waals surface area contributed by atoms with Crippen molar-refractivity contribution in [3.05, 3.63) is 101 Å². The van der Waals surface area contributed by atoms with E-state index in [0.29, 0.717) is 23.4 Å². The Bertz CT molecular complexity index is 1440. The Labute approximate surface area is 246 Å². The molecule has 5 N–H and O–H groups in total. The second-order valence-corrected chi connectivity index (χ2v) is 10.3. The van der Waals surface area contributed by atoms with E-state index in [1.807, 2.05) is 24.4 Å². The number of nitrogens with zero attached hydrogens (tertiary/aromatic N) is 1. The topological polar surface area (TPSA) is 92.3 Å². The molecule has 220 valence electrons. The molecular formula is C32H39ClF2N4O2. The number of nitrogen functional groups attached to an aromatic ring is 1. The van der Waals surface area contributed by atoms with Crippen LogP contribution in [-0.2, 0) is 25.9 Å². The van der Waals surface area contributed by atoms with Crippen LogP contribution in [0.25, 0.3) is 10.9 Å². The van der Waals surface area contributed by atoms with Crippen molar-refractivity contribution < 1.29 is 18.7 Å². The molecule has 9 heteroatoms. The third-order valence-corrected chi connectivity index (χ3v) is 7.18. The van der Waals surface area contributed by atoms with Crippen LogP contribution in [0.4, 0.5) is 14.5 Å². The van der Waals surface area contributed by atoms with Crippen molar-refractivity contribution in [2.24, 2.45) is 0 Å². The van der Waals surface area contributed by atoms with Gasteiger partial charge in [-0.25, -0.2) is 8.78 Å². The van der Waals surface area contributed by atoms with E-state index in [-0.39, 0.29) is 25.4 Å². The first kappa shape index (κ1) is 32.1. The number of hydrogen-bond acceptors (Lipinski definition) is 4. The van der Waals surface area contributed by atoms with E-state index in [9.17, 15) is 18.7 Å². The number of aliphatic hydroxyl groups is 1. The molecule has 0 fully saturated rings. The molecule has 1 heterocycles. The molecule has 0 radical (unpaired) electrons. The lowest BCUT2D eigenvalue weighted by molar-refractivity contribution is 0.0830. The van der Waals surface area contributed by atoms with Crippen LogP contribution in [0.1, 0.15) is 53.7 Å². The van der Waals surface area contributed by atoms with Gasteiger partial charge in [-0.2, -0.15) is 0 Å². The number of nitrogens with one attached hydrogen (secondary N) is 2. The van der Waals surface area contributed by atoms with Gasteiger partial charge >= 0.3 is 0 Å². The first-order valence-corrected chi connectivity index (χ1v) is 13.9. The molecule has 0 aliphatic carbocycles. The highest BCUT2D eigenvalue weighted by molar-refractivity contribution is 6.02. The number of rotatable bonds is 13. The maximum atomic E-state index is 13.9. The highest BCUT2D eigenvalue weighted by atomic mass is 35.5. The van der Waals surface area contributed by atoms with Gasteiger partial charge in [-0.15, -0.1) is 12.4 Å². The van der Waals surface area contributed by atoms with Crippen LogP contribution in [-0.4, -0.2) is 34.3 Å². The summed E-state index contributed by atoms with van der Waals surface area (Å²) in [6.45, 7) is 5.71. The van der Waals surface area contributed by atoms with Crippen LogP contribution in [0.15, 0.2) is 66.9 Å². The summed E-state index contributed by atoms with van der Waals surface area (Å²) in [4.78, 5) is 13.4. The fourth-order valence-electron chi connectivity index (χ4n) is 4.96. The van der Waals surface area contributed by atoms with Crippen LogP contribution in [0.5, 0.6) is 0 Å². The maximum absolute atomic E-state index is 13.9. The molecule has 0 saturated heterocycles. The number of nitrogens with two attached hydrogens (primary N) is 1. The number of carbonyl (C=O) groups excluding carboxylic acids is 1. The van der Waals surface area contributed by atoms with Gasteiger partial charge in [-0.1, -0.05) is 44.5 Å². The molecule has 2 atom stereocenters. The number of anilines is 1. The smallest absolute Gasteiger partial charge is 0.251 e. The van der Waals surface area contributed by atoms with Crippen LogP contribution >= 0.6 is 12.4 Å². The van der Waals surface area contributed by atoms with Crippen molar-refractivity contribution in [1.82, 2.24) is 15.2 Å². The minimum atomic E-state index is -1.03. The van der Waals surface area contributed by atoms with E-state index in [2.05, 4.69) is 41.2 Å². The number of aryl methyl sites for hydroxylation is 2. The highest BCUT2D eigenvalue weighted by Crippen LogP contribution is 2.25. The maximum Gasteiger partial charge on any atom is 0.251 e. The van der Waals surface area contributed by atoms with Crippen molar-refractivity contribution in [2.75, 3.05) is 12.3 Å². The number of hydrogen-bond donors (Lipinski definition) is 4. The van der Waals surface area contributed by atoms with Crippen molar-refractivity contribution in [1.29, 1.82) is 0 Å². The summed E-state index contributed by atoms with van der Waals surface area (Å²) in [5.74, 6) is -1.85. The summed E-state index contributed by atoms with van der Waals surface area (Å²) in [6.07, 6.45) is 3.93. The number of benzene rings is 3. The van der Waals surface area contributed by atoms with Gasteiger partial charge in [0.05, 0.1) is 17.7 Å². The predicted octanol–water partition coefficient (Wildman–Crippen LogP) is 5.78. The SMILES string of the molecule is CCCCn1ccc2c(N)cc(C(=O)N[C@@H](Cc3cc(F)cc(F)c3)[C@H](O)CNCc3cccc(CC)c3)cc21.Cl. The average molecular weight is 585 g/mol. The molecule has 1 amide bonds. The molecule has 1 aromatic heterocycles. The van der Waals surface area contributed by atoms with Crippen molar-refractivity contribution in [3.63, 3.8) is 0 Å². The predicted molar refractivity (Wildman–Crippen MR) is 163 cm³/mol. The van der Waals surface area contributed by atoms with E-state index < -0.39 is 29.7 Å². The Morgan fingerprint density at radius 1 is 1.00 bits per heavy atom. The first-order valence-electron chi connectivity index (χ1n) is 13.9. The monoisotopic (exact) mass is 584 g/mol. The molecular weight excluding hydrogens is 546 g/mol. The molecule has 4 rings (SSSR count). The molecule has 0 unspecified atom stereocenters. The van der Waals surface area contributed by atoms with Gasteiger partial charge in [-0.3, -0.25) is 4.79 Å². The number of aliphatic hydroxyl groups excluding tert-OH is 1. The van der Waals surface area contributed by atoms with E-state index >= 15 is 0 Å². The molecule has 0 aliphatic rings. The Morgan fingerprint density at radius 3 is 2.44 bits per heavy atom. The summed E-state index contributed by atoms with van der Waals surface area (Å²) >= 11 is 0. The average Bonchev–Trinajstić information content (AvgIpc) is 3.34. The Morgan fingerprint density at radius 2 is 1.73 bits per heavy atom. The Balaban J connectivity index is 0.00000462. The van der Waals surface area contributed by atoms with Gasteiger partial charge in [-0.05, 0) is 66.3 Å². The zero-order valence-corrected chi connectivity index (χ0v) is 24.3. The first-order chi connectivity index (χ1) is 19.3. The van der Waals surface area contributed by atoms with Gasteiger partial charge in [0.15, 0.2) is 0 Å². The third-order valence-electron chi connectivity index (χ3n) is 7.18. The van der Waals surface area contributed by atoms with E-state index in [4.69, 9.17) is 5.73 Å². The van der Waals surface area contributed by atoms with Crippen molar-refractivity contribution in [2.45, 2.75) is 64.8 Å². The molecule has 6 nitrogen and oxygen atoms in total. The lowest BCUT2D eigenvalue weighted by Gasteiger charge is -2.25. The summed E-state index contributed by atoms with van der Waals surface area (Å²) in [6, 6.07) is 15.9. The summed E-state index contributed by atoms with van der Waals surface area (Å²) < 4.78 is 29.9. The number of fused-ring (bicyclic) bond motifs is 1. The van der Waals surface area contributed by atoms with Gasteiger partial charge in [0, 0.05) is 48.5 Å².